The number of anilines is 2. The third kappa shape index (κ3) is 3.24. The van der Waals surface area contributed by atoms with E-state index in [9.17, 15) is 18.0 Å². The quantitative estimate of drug-likeness (QED) is 0.633. The Balaban J connectivity index is 1.36. The molecule has 3 heterocycles. The van der Waals surface area contributed by atoms with Crippen LogP contribution in [0.3, 0.4) is 0 Å². The molecule has 0 radical (unpaired) electrons. The number of carbonyl (C=O) groups excluding carboxylic acids is 2. The molecule has 0 spiro atoms. The molecule has 0 bridgehead atoms. The summed E-state index contributed by atoms with van der Waals surface area (Å²) in [6.45, 7) is 1.65. The van der Waals surface area contributed by atoms with E-state index in [2.05, 4.69) is 15.2 Å². The van der Waals surface area contributed by atoms with Crippen LogP contribution in [0, 0.1) is 0 Å². The summed E-state index contributed by atoms with van der Waals surface area (Å²) in [5, 5.41) is 2.82. The molecule has 1 saturated heterocycles. The van der Waals surface area contributed by atoms with Crippen LogP contribution in [-0.4, -0.2) is 53.6 Å². The number of nitrogens with one attached hydrogen (secondary N) is 1. The van der Waals surface area contributed by atoms with Gasteiger partial charge in [-0.15, -0.1) is 0 Å². The van der Waals surface area contributed by atoms with E-state index in [1.807, 2.05) is 24.3 Å². The van der Waals surface area contributed by atoms with Crippen molar-refractivity contribution in [2.24, 2.45) is 0 Å². The number of hydrogen-bond donors (Lipinski definition) is 1. The number of benzene rings is 2. The zero-order chi connectivity index (χ0) is 22.7. The predicted octanol–water partition coefficient (Wildman–Crippen LogP) is 2.79. The average molecular weight is 464 g/mol. The fourth-order valence-electron chi connectivity index (χ4n) is 4.46. The number of sulfonamides is 1. The largest absolute Gasteiger partial charge is 0.354 e. The lowest BCUT2D eigenvalue weighted by Gasteiger charge is -2.20. The lowest BCUT2D eigenvalue weighted by molar-refractivity contribution is 0.0864. The highest BCUT2D eigenvalue weighted by Crippen LogP contribution is 2.39. The van der Waals surface area contributed by atoms with E-state index < -0.39 is 21.8 Å². The molecule has 168 valence electrons. The van der Waals surface area contributed by atoms with Crippen molar-refractivity contribution in [2.45, 2.75) is 36.6 Å². The van der Waals surface area contributed by atoms with Crippen molar-refractivity contribution in [1.82, 2.24) is 14.3 Å². The van der Waals surface area contributed by atoms with Crippen LogP contribution in [0.1, 0.15) is 46.4 Å². The number of rotatable bonds is 4. The highest BCUT2D eigenvalue weighted by Gasteiger charge is 2.48. The van der Waals surface area contributed by atoms with Crippen LogP contribution in [0.2, 0.25) is 0 Å². The van der Waals surface area contributed by atoms with Gasteiger partial charge in [-0.1, -0.05) is 12.1 Å². The topological polar surface area (TPSA) is 113 Å². The van der Waals surface area contributed by atoms with Gasteiger partial charge in [0.15, 0.2) is 11.6 Å². The molecule has 3 aliphatic rings. The first kappa shape index (κ1) is 20.1. The Morgan fingerprint density at radius 1 is 1.00 bits per heavy atom. The molecule has 2 aliphatic heterocycles. The molecule has 9 nitrogen and oxygen atoms in total. The molecular formula is C23H21N5O4S. The Hall–Kier alpha value is -3.53. The second-order valence-electron chi connectivity index (χ2n) is 8.58. The fourth-order valence-corrected chi connectivity index (χ4v) is 6.30. The van der Waals surface area contributed by atoms with Crippen LogP contribution in [0.15, 0.2) is 47.4 Å². The van der Waals surface area contributed by atoms with Gasteiger partial charge < -0.3 is 10.2 Å². The molecular weight excluding hydrogens is 442 g/mol. The maximum absolute atomic E-state index is 13.1. The van der Waals surface area contributed by atoms with Gasteiger partial charge >= 0.3 is 0 Å². The molecule has 2 amide bonds. The van der Waals surface area contributed by atoms with Gasteiger partial charge in [0.05, 0.1) is 16.6 Å². The molecule has 1 aliphatic carbocycles. The number of aromatic nitrogens is 2. The van der Waals surface area contributed by atoms with Crippen LogP contribution in [0.4, 0.5) is 11.6 Å². The Morgan fingerprint density at radius 3 is 2.39 bits per heavy atom. The number of fused-ring (bicyclic) bond motifs is 2. The standard InChI is InChI=1S/C23H21N5O4S/c29-22(14-7-10-16-19(13-14)33(31,32)28(23(16)30)15-8-9-15)26-20-21(27-11-3-4-12-27)25-18-6-2-1-5-17(18)24-20/h1-2,5-7,10,13,15H,3-4,8-9,11-12H2,(H,24,26,29). The van der Waals surface area contributed by atoms with Gasteiger partial charge in [0.25, 0.3) is 21.8 Å². The van der Waals surface area contributed by atoms with Gasteiger partial charge in [0.2, 0.25) is 0 Å². The van der Waals surface area contributed by atoms with E-state index >= 15 is 0 Å². The fraction of sp³-hybridized carbons (Fsp3) is 0.304. The minimum absolute atomic E-state index is 0.113. The van der Waals surface area contributed by atoms with Crippen LogP contribution in [0.5, 0.6) is 0 Å². The van der Waals surface area contributed by atoms with Crippen LogP contribution >= 0.6 is 0 Å². The summed E-state index contributed by atoms with van der Waals surface area (Å²) in [6.07, 6.45) is 3.42. The summed E-state index contributed by atoms with van der Waals surface area (Å²) in [5.74, 6) is -0.0884. The maximum atomic E-state index is 13.1. The summed E-state index contributed by atoms with van der Waals surface area (Å²) in [7, 11) is -3.94. The van der Waals surface area contributed by atoms with E-state index in [0.29, 0.717) is 30.0 Å². The number of amides is 2. The molecule has 6 rings (SSSR count). The van der Waals surface area contributed by atoms with Crippen molar-refractivity contribution in [3.05, 3.63) is 53.6 Å². The molecule has 1 aromatic heterocycles. The lowest BCUT2D eigenvalue weighted by Crippen LogP contribution is -2.31. The van der Waals surface area contributed by atoms with E-state index in [4.69, 9.17) is 4.98 Å². The van der Waals surface area contributed by atoms with Crippen molar-refractivity contribution >= 4 is 44.5 Å². The maximum Gasteiger partial charge on any atom is 0.269 e. The van der Waals surface area contributed by atoms with Crippen LogP contribution < -0.4 is 10.2 Å². The second kappa shape index (κ2) is 7.24. The number of hydrogen-bond acceptors (Lipinski definition) is 7. The Morgan fingerprint density at radius 2 is 1.70 bits per heavy atom. The first-order valence-corrected chi connectivity index (χ1v) is 12.4. The molecule has 2 fully saturated rings. The van der Waals surface area contributed by atoms with Crippen LogP contribution in [0.25, 0.3) is 11.0 Å². The lowest BCUT2D eigenvalue weighted by atomic mass is 10.1. The molecule has 0 atom stereocenters. The van der Waals surface area contributed by atoms with Gasteiger partial charge in [-0.05, 0) is 56.0 Å². The van der Waals surface area contributed by atoms with E-state index in [-0.39, 0.29) is 22.1 Å². The molecule has 2 aromatic carbocycles. The highest BCUT2D eigenvalue weighted by molar-refractivity contribution is 7.90. The Bertz CT molecular complexity index is 1430. The summed E-state index contributed by atoms with van der Waals surface area (Å²) in [4.78, 5) is 37.1. The minimum Gasteiger partial charge on any atom is -0.354 e. The van der Waals surface area contributed by atoms with Gasteiger partial charge in [0, 0.05) is 24.7 Å². The normalized spacial score (nSPS) is 19.2. The molecule has 10 heteroatoms. The first-order valence-electron chi connectivity index (χ1n) is 11.0. The molecule has 0 unspecified atom stereocenters. The first-order chi connectivity index (χ1) is 15.9. The highest BCUT2D eigenvalue weighted by atomic mass is 32.2. The SMILES string of the molecule is O=C(Nc1nc2ccccc2nc1N1CCCC1)c1ccc2c(c1)S(=O)(=O)N(C1CC1)C2=O. The van der Waals surface area contributed by atoms with Gasteiger partial charge in [-0.3, -0.25) is 9.59 Å². The van der Waals surface area contributed by atoms with Crippen LogP contribution in [-0.2, 0) is 10.0 Å². The third-order valence-electron chi connectivity index (χ3n) is 6.28. The summed E-state index contributed by atoms with van der Waals surface area (Å²) >= 11 is 0. The van der Waals surface area contributed by atoms with E-state index in [1.54, 1.807) is 0 Å². The van der Waals surface area contributed by atoms with Gasteiger partial charge in [-0.2, -0.15) is 0 Å². The third-order valence-corrected chi connectivity index (χ3v) is 8.15. The van der Waals surface area contributed by atoms with E-state index in [1.165, 1.54) is 18.2 Å². The van der Waals surface area contributed by atoms with Crippen molar-refractivity contribution < 1.29 is 18.0 Å². The van der Waals surface area contributed by atoms with Crippen molar-refractivity contribution in [1.29, 1.82) is 0 Å². The Labute approximate surface area is 190 Å². The summed E-state index contributed by atoms with van der Waals surface area (Å²) in [6, 6.07) is 11.3. The summed E-state index contributed by atoms with van der Waals surface area (Å²) < 4.78 is 26.8. The van der Waals surface area contributed by atoms with E-state index in [0.717, 1.165) is 35.8 Å². The van der Waals surface area contributed by atoms with Gasteiger partial charge in [-0.25, -0.2) is 22.7 Å². The molecule has 1 N–H and O–H groups in total. The minimum atomic E-state index is -3.94. The number of nitrogens with zero attached hydrogens (tertiary/aromatic N) is 4. The molecule has 33 heavy (non-hydrogen) atoms. The van der Waals surface area contributed by atoms with Gasteiger partial charge in [0.1, 0.15) is 4.90 Å². The average Bonchev–Trinajstić information content (AvgIpc) is 3.43. The zero-order valence-corrected chi connectivity index (χ0v) is 18.5. The number of para-hydroxylation sites is 2. The molecule has 1 saturated carbocycles. The van der Waals surface area contributed by atoms with Crippen molar-refractivity contribution in [2.75, 3.05) is 23.3 Å². The van der Waals surface area contributed by atoms with Crippen molar-refractivity contribution in [3.63, 3.8) is 0 Å². The van der Waals surface area contributed by atoms with Crippen molar-refractivity contribution in [3.8, 4) is 0 Å². The second-order valence-corrected chi connectivity index (χ2v) is 10.4. The summed E-state index contributed by atoms with van der Waals surface area (Å²) in [5.41, 5.74) is 1.64. The molecule has 3 aromatic rings. The Kier molecular flexibility index (Phi) is 4.41. The number of carbonyl (C=O) groups is 2. The predicted molar refractivity (Wildman–Crippen MR) is 122 cm³/mol. The zero-order valence-electron chi connectivity index (χ0n) is 17.7. The smallest absolute Gasteiger partial charge is 0.269 e. The monoisotopic (exact) mass is 463 g/mol.